The number of likely N-dealkylation sites (tertiary alicyclic amines) is 1. The van der Waals surface area contributed by atoms with Crippen molar-refractivity contribution in [3.63, 3.8) is 0 Å². The van der Waals surface area contributed by atoms with Crippen molar-refractivity contribution in [2.75, 3.05) is 26.3 Å². The fourth-order valence-corrected chi connectivity index (χ4v) is 3.20. The highest BCUT2D eigenvalue weighted by Gasteiger charge is 2.38. The van der Waals surface area contributed by atoms with Crippen LogP contribution in [0.5, 0.6) is 0 Å². The van der Waals surface area contributed by atoms with Crippen LogP contribution in [0.4, 0.5) is 0 Å². The molecule has 0 aromatic carbocycles. The van der Waals surface area contributed by atoms with Crippen molar-refractivity contribution in [3.05, 3.63) is 0 Å². The molecule has 0 radical (unpaired) electrons. The van der Waals surface area contributed by atoms with Crippen molar-refractivity contribution in [2.45, 2.75) is 45.6 Å². The summed E-state index contributed by atoms with van der Waals surface area (Å²) in [6.07, 6.45) is 3.41. The van der Waals surface area contributed by atoms with E-state index in [4.69, 9.17) is 9.47 Å². The Hall–Kier alpha value is -1.10. The van der Waals surface area contributed by atoms with Crippen LogP contribution in [0.25, 0.3) is 0 Å². The van der Waals surface area contributed by atoms with Crippen LogP contribution in [0.3, 0.4) is 0 Å². The molecule has 2 heterocycles. The highest BCUT2D eigenvalue weighted by molar-refractivity contribution is 5.81. The Morgan fingerprint density at radius 3 is 2.80 bits per heavy atom. The predicted octanol–water partition coefficient (Wildman–Crippen LogP) is 1.60. The molecule has 2 aliphatic heterocycles. The molecule has 2 fully saturated rings. The van der Waals surface area contributed by atoms with Crippen molar-refractivity contribution in [1.29, 1.82) is 0 Å². The van der Waals surface area contributed by atoms with E-state index in [1.54, 1.807) is 0 Å². The summed E-state index contributed by atoms with van der Waals surface area (Å²) in [6.45, 7) is 6.19. The topological polar surface area (TPSA) is 55.8 Å². The van der Waals surface area contributed by atoms with E-state index in [1.807, 2.05) is 18.7 Å². The summed E-state index contributed by atoms with van der Waals surface area (Å²) in [7, 11) is 0. The largest absolute Gasteiger partial charge is 0.466 e. The van der Waals surface area contributed by atoms with E-state index in [0.29, 0.717) is 19.8 Å². The van der Waals surface area contributed by atoms with Gasteiger partial charge in [-0.05, 0) is 32.6 Å². The number of hydrogen-bond donors (Lipinski definition) is 0. The van der Waals surface area contributed by atoms with Gasteiger partial charge in [0.15, 0.2) is 0 Å². The van der Waals surface area contributed by atoms with Crippen LogP contribution in [-0.2, 0) is 19.1 Å². The van der Waals surface area contributed by atoms with Crippen molar-refractivity contribution >= 4 is 11.9 Å². The Balaban J connectivity index is 1.94. The monoisotopic (exact) mass is 283 g/mol. The number of hydrogen-bond acceptors (Lipinski definition) is 4. The van der Waals surface area contributed by atoms with Crippen LogP contribution in [0.2, 0.25) is 0 Å². The maximum atomic E-state index is 12.6. The fraction of sp³-hybridized carbons (Fsp3) is 0.867. The summed E-state index contributed by atoms with van der Waals surface area (Å²) in [5.74, 6) is -0.195. The molecule has 0 aromatic rings. The molecule has 0 bridgehead atoms. The van der Waals surface area contributed by atoms with Crippen molar-refractivity contribution in [2.24, 2.45) is 11.8 Å². The Labute approximate surface area is 120 Å². The summed E-state index contributed by atoms with van der Waals surface area (Å²) in [6, 6.07) is 0. The normalized spacial score (nSPS) is 30.3. The minimum Gasteiger partial charge on any atom is -0.466 e. The Morgan fingerprint density at radius 1 is 1.30 bits per heavy atom. The number of ether oxygens (including phenoxy) is 2. The molecule has 0 spiro atoms. The Kier molecular flexibility index (Phi) is 5.40. The molecule has 2 unspecified atom stereocenters. The quantitative estimate of drug-likeness (QED) is 0.735. The van der Waals surface area contributed by atoms with Crippen molar-refractivity contribution in [3.8, 4) is 0 Å². The van der Waals surface area contributed by atoms with Gasteiger partial charge in [0.1, 0.15) is 0 Å². The van der Waals surface area contributed by atoms with Gasteiger partial charge in [0, 0.05) is 19.7 Å². The first-order chi connectivity index (χ1) is 9.67. The molecule has 1 amide bonds. The summed E-state index contributed by atoms with van der Waals surface area (Å²) >= 11 is 0. The third-order valence-corrected chi connectivity index (χ3v) is 4.28. The second kappa shape index (κ2) is 7.07. The van der Waals surface area contributed by atoms with Gasteiger partial charge >= 0.3 is 5.97 Å². The van der Waals surface area contributed by atoms with E-state index in [0.717, 1.165) is 32.2 Å². The lowest BCUT2D eigenvalue weighted by Gasteiger charge is -2.34. The summed E-state index contributed by atoms with van der Waals surface area (Å²) in [5.41, 5.74) is 0. The highest BCUT2D eigenvalue weighted by Crippen LogP contribution is 2.28. The molecule has 2 rings (SSSR count). The van der Waals surface area contributed by atoms with Gasteiger partial charge in [-0.15, -0.1) is 0 Å². The second-order valence-electron chi connectivity index (χ2n) is 5.59. The van der Waals surface area contributed by atoms with Gasteiger partial charge in [-0.25, -0.2) is 0 Å². The fourth-order valence-electron chi connectivity index (χ4n) is 3.20. The molecular weight excluding hydrogens is 258 g/mol. The van der Waals surface area contributed by atoms with Gasteiger partial charge in [0.25, 0.3) is 0 Å². The van der Waals surface area contributed by atoms with E-state index in [1.165, 1.54) is 0 Å². The molecule has 0 saturated carbocycles. The number of piperidine rings is 1. The van der Waals surface area contributed by atoms with Crippen molar-refractivity contribution < 1.29 is 19.1 Å². The zero-order chi connectivity index (χ0) is 14.5. The van der Waals surface area contributed by atoms with E-state index < -0.39 is 0 Å². The van der Waals surface area contributed by atoms with Crippen LogP contribution >= 0.6 is 0 Å². The average molecular weight is 283 g/mol. The van der Waals surface area contributed by atoms with Gasteiger partial charge < -0.3 is 14.4 Å². The zero-order valence-corrected chi connectivity index (χ0v) is 12.5. The molecular formula is C15H25NO4. The second-order valence-corrected chi connectivity index (χ2v) is 5.59. The van der Waals surface area contributed by atoms with Crippen LogP contribution < -0.4 is 0 Å². The molecule has 0 aliphatic carbocycles. The zero-order valence-electron chi connectivity index (χ0n) is 12.5. The van der Waals surface area contributed by atoms with Crippen LogP contribution in [0, 0.1) is 11.8 Å². The molecule has 0 aromatic heterocycles. The smallest absolute Gasteiger partial charge is 0.310 e. The Bertz CT molecular complexity index is 358. The minimum atomic E-state index is -0.167. The average Bonchev–Trinajstić information content (AvgIpc) is 2.95. The lowest BCUT2D eigenvalue weighted by atomic mass is 9.93. The van der Waals surface area contributed by atoms with E-state index in [9.17, 15) is 9.59 Å². The first-order valence-corrected chi connectivity index (χ1v) is 7.74. The van der Waals surface area contributed by atoms with E-state index in [-0.39, 0.29) is 29.8 Å². The molecule has 2 saturated heterocycles. The highest BCUT2D eigenvalue weighted by atomic mass is 16.5. The standard InChI is InChI=1S/C15H25NO4/c1-3-13-12(7-9-20-13)14(17)16-8-5-6-11(10-16)15(18)19-4-2/h11-13H,3-10H2,1-2H3/t11-,12?,13?/m1/s1. The van der Waals surface area contributed by atoms with Gasteiger partial charge in [-0.2, -0.15) is 0 Å². The third-order valence-electron chi connectivity index (χ3n) is 4.28. The van der Waals surface area contributed by atoms with Crippen LogP contribution in [-0.4, -0.2) is 49.2 Å². The number of amides is 1. The third kappa shape index (κ3) is 3.32. The van der Waals surface area contributed by atoms with Crippen molar-refractivity contribution in [1.82, 2.24) is 4.90 Å². The van der Waals surface area contributed by atoms with Gasteiger partial charge in [0.2, 0.25) is 5.91 Å². The van der Waals surface area contributed by atoms with Crippen LogP contribution in [0.1, 0.15) is 39.5 Å². The molecule has 20 heavy (non-hydrogen) atoms. The maximum Gasteiger partial charge on any atom is 0.310 e. The molecule has 5 nitrogen and oxygen atoms in total. The van der Waals surface area contributed by atoms with Crippen LogP contribution in [0.15, 0.2) is 0 Å². The number of carbonyl (C=O) groups excluding carboxylic acids is 2. The summed E-state index contributed by atoms with van der Waals surface area (Å²) < 4.78 is 10.7. The molecule has 3 atom stereocenters. The number of carbonyl (C=O) groups is 2. The first-order valence-electron chi connectivity index (χ1n) is 7.74. The first kappa shape index (κ1) is 15.3. The lowest BCUT2D eigenvalue weighted by molar-refractivity contribution is -0.152. The SMILES string of the molecule is CCOC(=O)[C@@H]1CCCN(C(=O)C2CCOC2CC)C1. The van der Waals surface area contributed by atoms with E-state index in [2.05, 4.69) is 0 Å². The molecule has 2 aliphatic rings. The van der Waals surface area contributed by atoms with Gasteiger partial charge in [-0.3, -0.25) is 9.59 Å². The van der Waals surface area contributed by atoms with Gasteiger partial charge in [0.05, 0.1) is 24.5 Å². The Morgan fingerprint density at radius 2 is 2.10 bits per heavy atom. The van der Waals surface area contributed by atoms with E-state index >= 15 is 0 Å². The lowest BCUT2D eigenvalue weighted by Crippen LogP contribution is -2.46. The number of esters is 1. The number of nitrogens with zero attached hydrogens (tertiary/aromatic N) is 1. The molecule has 0 N–H and O–H groups in total. The molecule has 114 valence electrons. The summed E-state index contributed by atoms with van der Waals surface area (Å²) in [4.78, 5) is 26.3. The summed E-state index contributed by atoms with van der Waals surface area (Å²) in [5, 5.41) is 0. The maximum absolute atomic E-state index is 12.6. The van der Waals surface area contributed by atoms with Gasteiger partial charge in [-0.1, -0.05) is 6.92 Å². The minimum absolute atomic E-state index is 0.0269. The number of rotatable bonds is 4. The predicted molar refractivity (Wildman–Crippen MR) is 74.1 cm³/mol. The molecule has 5 heteroatoms.